The molecule has 2 atom stereocenters. The van der Waals surface area contributed by atoms with Gasteiger partial charge in [-0.3, -0.25) is 0 Å². The molecule has 5 nitrogen and oxygen atoms in total. The van der Waals surface area contributed by atoms with Crippen molar-refractivity contribution in [2.24, 2.45) is 5.16 Å². The maximum atomic E-state index is 6.47. The number of oxime groups is 1. The van der Waals surface area contributed by atoms with Crippen molar-refractivity contribution < 1.29 is 19.0 Å². The Labute approximate surface area is 185 Å². The quantitative estimate of drug-likeness (QED) is 0.282. The molecule has 0 amide bonds. The van der Waals surface area contributed by atoms with Crippen LogP contribution in [0, 0.1) is 13.8 Å². The lowest BCUT2D eigenvalue weighted by molar-refractivity contribution is 0.0769. The molecule has 0 spiro atoms. The summed E-state index contributed by atoms with van der Waals surface area (Å²) >= 11 is 0. The molecule has 0 N–H and O–H groups in total. The average molecular weight is 424 g/mol. The molecule has 166 valence electrons. The minimum Gasteiger partial charge on any atom is -0.490 e. The molecule has 31 heavy (non-hydrogen) atoms. The fraction of sp³-hybridized carbons (Fsp3) is 0.423. The second-order valence-corrected chi connectivity index (χ2v) is 7.89. The minimum absolute atomic E-state index is 0.0312. The molecule has 0 saturated heterocycles. The van der Waals surface area contributed by atoms with Gasteiger partial charge in [0, 0.05) is 0 Å². The summed E-state index contributed by atoms with van der Waals surface area (Å²) in [4.78, 5) is 4.85. The Morgan fingerprint density at radius 2 is 1.65 bits per heavy atom. The van der Waals surface area contributed by atoms with Crippen LogP contribution < -0.4 is 14.2 Å². The zero-order valence-electron chi connectivity index (χ0n) is 19.2. The number of rotatable bonds is 9. The van der Waals surface area contributed by atoms with Gasteiger partial charge in [-0.25, -0.2) is 0 Å². The number of allylic oxidation sites excluding steroid dienone is 1. The fourth-order valence-electron chi connectivity index (χ4n) is 3.87. The summed E-state index contributed by atoms with van der Waals surface area (Å²) in [5.74, 6) is 2.64. The number of ether oxygens (including phenoxy) is 3. The summed E-state index contributed by atoms with van der Waals surface area (Å²) in [5.41, 5.74) is 4.01. The molecule has 2 unspecified atom stereocenters. The van der Waals surface area contributed by atoms with E-state index in [2.05, 4.69) is 19.0 Å². The van der Waals surface area contributed by atoms with Crippen molar-refractivity contribution in [3.63, 3.8) is 0 Å². The lowest BCUT2D eigenvalue weighted by Gasteiger charge is -2.24. The van der Waals surface area contributed by atoms with E-state index >= 15 is 0 Å². The molecule has 5 heteroatoms. The van der Waals surface area contributed by atoms with Crippen molar-refractivity contribution in [3.05, 3.63) is 65.2 Å². The van der Waals surface area contributed by atoms with E-state index in [1.165, 1.54) is 0 Å². The second kappa shape index (κ2) is 10.9. The highest BCUT2D eigenvalue weighted by atomic mass is 16.6. The van der Waals surface area contributed by atoms with E-state index in [9.17, 15) is 0 Å². The normalized spacial score (nSPS) is 18.9. The van der Waals surface area contributed by atoms with Crippen LogP contribution in [0.3, 0.4) is 0 Å². The second-order valence-electron chi connectivity index (χ2n) is 7.89. The number of hydrogen-bond acceptors (Lipinski definition) is 5. The Bertz CT molecular complexity index is 894. The molecule has 0 bridgehead atoms. The van der Waals surface area contributed by atoms with Gasteiger partial charge < -0.3 is 19.0 Å². The zero-order valence-corrected chi connectivity index (χ0v) is 19.2. The molecule has 2 aromatic carbocycles. The monoisotopic (exact) mass is 423 g/mol. The first-order chi connectivity index (χ1) is 15.0. The highest BCUT2D eigenvalue weighted by Crippen LogP contribution is 2.34. The predicted octanol–water partition coefficient (Wildman–Crippen LogP) is 6.01. The highest BCUT2D eigenvalue weighted by molar-refractivity contribution is 5.98. The third kappa shape index (κ3) is 6.03. The Hall–Kier alpha value is -2.95. The zero-order chi connectivity index (χ0) is 22.2. The van der Waals surface area contributed by atoms with E-state index in [0.29, 0.717) is 6.61 Å². The van der Waals surface area contributed by atoms with Crippen LogP contribution in [-0.2, 0) is 4.84 Å². The Kier molecular flexibility index (Phi) is 7.99. The van der Waals surface area contributed by atoms with Gasteiger partial charge >= 0.3 is 0 Å². The van der Waals surface area contributed by atoms with Gasteiger partial charge in [0.15, 0.2) is 0 Å². The van der Waals surface area contributed by atoms with E-state index in [4.69, 9.17) is 19.0 Å². The van der Waals surface area contributed by atoms with Crippen molar-refractivity contribution in [1.82, 2.24) is 0 Å². The van der Waals surface area contributed by atoms with Crippen LogP contribution in [0.15, 0.2) is 53.7 Å². The van der Waals surface area contributed by atoms with Crippen LogP contribution in [0.25, 0.3) is 0 Å². The topological polar surface area (TPSA) is 49.3 Å². The SMILES string of the molecule is C/C=C/COc1cc(C)c(OC2CCCC2Oc2ccc(/C(C)=N/OC)cc2)c(C)c1. The number of hydrogen-bond donors (Lipinski definition) is 0. The molecule has 1 saturated carbocycles. The number of nitrogens with zero attached hydrogens (tertiary/aromatic N) is 1. The van der Waals surface area contributed by atoms with Crippen molar-refractivity contribution in [1.29, 1.82) is 0 Å². The number of benzene rings is 2. The molecule has 1 aliphatic rings. The van der Waals surface area contributed by atoms with Crippen LogP contribution in [0.1, 0.15) is 49.8 Å². The van der Waals surface area contributed by atoms with E-state index in [1.807, 2.05) is 62.4 Å². The molecule has 1 aliphatic carbocycles. The van der Waals surface area contributed by atoms with Crippen LogP contribution >= 0.6 is 0 Å². The van der Waals surface area contributed by atoms with Gasteiger partial charge in [-0.05, 0) is 100 Å². The average Bonchev–Trinajstić information content (AvgIpc) is 3.18. The Morgan fingerprint density at radius 3 is 2.26 bits per heavy atom. The summed E-state index contributed by atoms with van der Waals surface area (Å²) in [6.07, 6.45) is 7.11. The minimum atomic E-state index is 0.0312. The first kappa shape index (κ1) is 22.7. The summed E-state index contributed by atoms with van der Waals surface area (Å²) in [7, 11) is 1.55. The molecule has 0 heterocycles. The van der Waals surface area contributed by atoms with Gasteiger partial charge in [0.2, 0.25) is 0 Å². The molecule has 0 aliphatic heterocycles. The van der Waals surface area contributed by atoms with E-state index in [-0.39, 0.29) is 12.2 Å². The summed E-state index contributed by atoms with van der Waals surface area (Å²) in [5, 5.41) is 3.97. The van der Waals surface area contributed by atoms with Crippen LogP contribution in [0.2, 0.25) is 0 Å². The summed E-state index contributed by atoms with van der Waals surface area (Å²) < 4.78 is 18.6. The van der Waals surface area contributed by atoms with Gasteiger partial charge in [-0.2, -0.15) is 0 Å². The largest absolute Gasteiger partial charge is 0.490 e. The van der Waals surface area contributed by atoms with Crippen LogP contribution in [-0.4, -0.2) is 31.6 Å². The van der Waals surface area contributed by atoms with Gasteiger partial charge in [0.05, 0.1) is 5.71 Å². The fourth-order valence-corrected chi connectivity index (χ4v) is 3.87. The van der Waals surface area contributed by atoms with Crippen LogP contribution in [0.5, 0.6) is 17.2 Å². The van der Waals surface area contributed by atoms with Gasteiger partial charge in [0.1, 0.15) is 43.2 Å². The van der Waals surface area contributed by atoms with Crippen molar-refractivity contribution in [2.45, 2.75) is 59.2 Å². The van der Waals surface area contributed by atoms with E-state index < -0.39 is 0 Å². The number of aryl methyl sites for hydroxylation is 2. The Balaban J connectivity index is 1.66. The van der Waals surface area contributed by atoms with E-state index in [0.717, 1.165) is 58.9 Å². The molecular formula is C26H33NO4. The first-order valence-electron chi connectivity index (χ1n) is 10.9. The molecule has 3 rings (SSSR count). The third-order valence-electron chi connectivity index (χ3n) is 5.46. The first-order valence-corrected chi connectivity index (χ1v) is 10.9. The molecule has 1 fully saturated rings. The van der Waals surface area contributed by atoms with Crippen molar-refractivity contribution in [2.75, 3.05) is 13.7 Å². The smallest absolute Gasteiger partial charge is 0.135 e. The van der Waals surface area contributed by atoms with E-state index in [1.54, 1.807) is 7.11 Å². The molecule has 0 radical (unpaired) electrons. The van der Waals surface area contributed by atoms with Crippen molar-refractivity contribution in [3.8, 4) is 17.2 Å². The molecule has 2 aromatic rings. The maximum absolute atomic E-state index is 6.47. The molecule has 0 aromatic heterocycles. The van der Waals surface area contributed by atoms with Gasteiger partial charge in [-0.1, -0.05) is 17.3 Å². The highest BCUT2D eigenvalue weighted by Gasteiger charge is 2.31. The van der Waals surface area contributed by atoms with Crippen LogP contribution in [0.4, 0.5) is 0 Å². The maximum Gasteiger partial charge on any atom is 0.135 e. The third-order valence-corrected chi connectivity index (χ3v) is 5.46. The lowest BCUT2D eigenvalue weighted by atomic mass is 10.1. The standard InChI is InChI=1S/C26H33NO4/c1-6-7-15-29-23-16-18(2)26(19(3)17-23)31-25-10-8-9-24(25)30-22-13-11-21(12-14-22)20(4)27-28-5/h6-7,11-14,16-17,24-25H,8-10,15H2,1-5H3/b7-6+,27-20+. The van der Waals surface area contributed by atoms with Gasteiger partial charge in [0.25, 0.3) is 0 Å². The van der Waals surface area contributed by atoms with Crippen molar-refractivity contribution >= 4 is 5.71 Å². The predicted molar refractivity (Wildman–Crippen MR) is 125 cm³/mol. The lowest BCUT2D eigenvalue weighted by Crippen LogP contribution is -2.31. The summed E-state index contributed by atoms with van der Waals surface area (Å²) in [6, 6.07) is 12.0. The van der Waals surface area contributed by atoms with Gasteiger partial charge in [-0.15, -0.1) is 0 Å². The Morgan fingerprint density at radius 1 is 1.00 bits per heavy atom. The summed E-state index contributed by atoms with van der Waals surface area (Å²) in [6.45, 7) is 8.62. The molecular weight excluding hydrogens is 390 g/mol.